The Labute approximate surface area is 132 Å². The highest BCUT2D eigenvalue weighted by Crippen LogP contribution is 2.53. The van der Waals surface area contributed by atoms with Crippen LogP contribution in [0, 0.1) is 29.6 Å². The van der Waals surface area contributed by atoms with Crippen molar-refractivity contribution in [1.82, 2.24) is 0 Å². The summed E-state index contributed by atoms with van der Waals surface area (Å²) in [6.07, 6.45) is 16.4. The zero-order valence-corrected chi connectivity index (χ0v) is 14.4. The van der Waals surface area contributed by atoms with Crippen LogP contribution in [0.15, 0.2) is 0 Å². The summed E-state index contributed by atoms with van der Waals surface area (Å²) in [5.41, 5.74) is 0. The molecule has 0 N–H and O–H groups in total. The Kier molecular flexibility index (Phi) is 5.65. The van der Waals surface area contributed by atoms with E-state index < -0.39 is 0 Å². The van der Waals surface area contributed by atoms with Gasteiger partial charge in [-0.1, -0.05) is 33.1 Å². The second kappa shape index (κ2) is 7.49. The quantitative estimate of drug-likeness (QED) is 0.580. The lowest BCUT2D eigenvalue weighted by Gasteiger charge is -2.50. The lowest BCUT2D eigenvalue weighted by molar-refractivity contribution is -0.0534. The van der Waals surface area contributed by atoms with Gasteiger partial charge in [0.2, 0.25) is 0 Å². The Morgan fingerprint density at radius 2 is 1.52 bits per heavy atom. The third-order valence-corrected chi connectivity index (χ3v) is 7.03. The lowest BCUT2D eigenvalue weighted by atomic mass is 9.56. The lowest BCUT2D eigenvalue weighted by Crippen LogP contribution is -2.42. The van der Waals surface area contributed by atoms with E-state index in [2.05, 4.69) is 13.8 Å². The predicted molar refractivity (Wildman–Crippen MR) is 89.3 cm³/mol. The second-order valence-corrected chi connectivity index (χ2v) is 8.17. The Morgan fingerprint density at radius 3 is 2.24 bits per heavy atom. The van der Waals surface area contributed by atoms with E-state index in [0.717, 1.165) is 36.2 Å². The molecular formula is C20H36O. The van der Waals surface area contributed by atoms with Crippen LogP contribution in [0.1, 0.15) is 84.5 Å². The van der Waals surface area contributed by atoms with Gasteiger partial charge in [-0.2, -0.15) is 0 Å². The monoisotopic (exact) mass is 292 g/mol. The molecule has 0 aromatic rings. The first kappa shape index (κ1) is 15.8. The normalized spacial score (nSPS) is 43.1. The van der Waals surface area contributed by atoms with Gasteiger partial charge in [-0.3, -0.25) is 0 Å². The third-order valence-electron chi connectivity index (χ3n) is 7.03. The fraction of sp³-hybridized carbons (Fsp3) is 1.00. The Balaban J connectivity index is 1.52. The predicted octanol–water partition coefficient (Wildman–Crippen LogP) is 5.82. The summed E-state index contributed by atoms with van der Waals surface area (Å²) < 4.78 is 6.14. The van der Waals surface area contributed by atoms with E-state index in [-0.39, 0.29) is 0 Å². The van der Waals surface area contributed by atoms with Crippen LogP contribution in [-0.2, 0) is 4.74 Å². The van der Waals surface area contributed by atoms with Gasteiger partial charge in [-0.15, -0.1) is 0 Å². The molecule has 0 spiro atoms. The van der Waals surface area contributed by atoms with Crippen LogP contribution >= 0.6 is 0 Å². The van der Waals surface area contributed by atoms with Gasteiger partial charge in [0.25, 0.3) is 0 Å². The first-order chi connectivity index (χ1) is 10.3. The van der Waals surface area contributed by atoms with Crippen molar-refractivity contribution >= 4 is 0 Å². The number of unbranched alkanes of at least 4 members (excludes halogenated alkanes) is 1. The Hall–Kier alpha value is -0.0400. The number of rotatable bonds is 5. The smallest absolute Gasteiger partial charge is 0.0578 e. The molecule has 3 aliphatic carbocycles. The van der Waals surface area contributed by atoms with Crippen LogP contribution in [0.4, 0.5) is 0 Å². The highest BCUT2D eigenvalue weighted by Gasteiger charge is 2.44. The van der Waals surface area contributed by atoms with Crippen LogP contribution in [-0.4, -0.2) is 12.7 Å². The molecule has 0 radical (unpaired) electrons. The second-order valence-electron chi connectivity index (χ2n) is 8.17. The maximum Gasteiger partial charge on any atom is 0.0578 e. The molecule has 0 amide bonds. The summed E-state index contributed by atoms with van der Waals surface area (Å²) in [5, 5.41) is 0. The maximum absolute atomic E-state index is 6.14. The molecule has 0 aliphatic heterocycles. The van der Waals surface area contributed by atoms with Crippen molar-refractivity contribution in [3.8, 4) is 0 Å². The van der Waals surface area contributed by atoms with Crippen LogP contribution in [0.2, 0.25) is 0 Å². The van der Waals surface area contributed by atoms with Gasteiger partial charge < -0.3 is 4.74 Å². The third kappa shape index (κ3) is 3.66. The molecule has 0 aromatic carbocycles. The highest BCUT2D eigenvalue weighted by molar-refractivity contribution is 4.94. The summed E-state index contributed by atoms with van der Waals surface area (Å²) in [6.45, 7) is 5.66. The zero-order chi connectivity index (χ0) is 14.7. The molecule has 3 saturated carbocycles. The molecule has 0 saturated heterocycles. The van der Waals surface area contributed by atoms with Gasteiger partial charge in [0.1, 0.15) is 0 Å². The van der Waals surface area contributed by atoms with Gasteiger partial charge >= 0.3 is 0 Å². The number of fused-ring (bicyclic) bond motifs is 3. The summed E-state index contributed by atoms with van der Waals surface area (Å²) in [5.74, 6) is 5.29. The Bertz CT molecular complexity index is 313. The summed E-state index contributed by atoms with van der Waals surface area (Å²) in [6, 6.07) is 0. The fourth-order valence-corrected chi connectivity index (χ4v) is 5.76. The number of ether oxygens (including phenoxy) is 1. The zero-order valence-electron chi connectivity index (χ0n) is 14.4. The SMILES string of the molecule is CCCCOC1CCC2C(CCC3CC(CC)CCC32)C1. The van der Waals surface area contributed by atoms with E-state index in [9.17, 15) is 0 Å². The number of hydrogen-bond acceptors (Lipinski definition) is 1. The van der Waals surface area contributed by atoms with Crippen LogP contribution in [0.25, 0.3) is 0 Å². The molecule has 122 valence electrons. The maximum atomic E-state index is 6.14. The van der Waals surface area contributed by atoms with Crippen LogP contribution < -0.4 is 0 Å². The molecule has 3 fully saturated rings. The van der Waals surface area contributed by atoms with Crippen molar-refractivity contribution in [1.29, 1.82) is 0 Å². The molecule has 0 bridgehead atoms. The van der Waals surface area contributed by atoms with E-state index >= 15 is 0 Å². The highest BCUT2D eigenvalue weighted by atomic mass is 16.5. The van der Waals surface area contributed by atoms with Crippen molar-refractivity contribution < 1.29 is 4.74 Å². The fourth-order valence-electron chi connectivity index (χ4n) is 5.76. The van der Waals surface area contributed by atoms with Gasteiger partial charge in [0.15, 0.2) is 0 Å². The first-order valence-electron chi connectivity index (χ1n) is 9.93. The van der Waals surface area contributed by atoms with Crippen LogP contribution in [0.3, 0.4) is 0 Å². The van der Waals surface area contributed by atoms with Gasteiger partial charge in [-0.05, 0) is 81.0 Å². The molecular weight excluding hydrogens is 256 g/mol. The van der Waals surface area contributed by atoms with Crippen molar-refractivity contribution in [2.45, 2.75) is 90.6 Å². The van der Waals surface area contributed by atoms with Gasteiger partial charge in [0, 0.05) is 6.61 Å². The number of hydrogen-bond donors (Lipinski definition) is 0. The average molecular weight is 293 g/mol. The van der Waals surface area contributed by atoms with E-state index in [1.807, 2.05) is 0 Å². The van der Waals surface area contributed by atoms with Gasteiger partial charge in [-0.25, -0.2) is 0 Å². The summed E-state index contributed by atoms with van der Waals surface area (Å²) in [4.78, 5) is 0. The average Bonchev–Trinajstić information content (AvgIpc) is 2.54. The summed E-state index contributed by atoms with van der Waals surface area (Å²) >= 11 is 0. The largest absolute Gasteiger partial charge is 0.378 e. The molecule has 21 heavy (non-hydrogen) atoms. The van der Waals surface area contributed by atoms with Crippen molar-refractivity contribution in [2.24, 2.45) is 29.6 Å². The first-order valence-corrected chi connectivity index (χ1v) is 9.93. The molecule has 1 nitrogen and oxygen atoms in total. The van der Waals surface area contributed by atoms with Crippen molar-refractivity contribution in [2.75, 3.05) is 6.61 Å². The molecule has 0 aromatic heterocycles. The van der Waals surface area contributed by atoms with Crippen LogP contribution in [0.5, 0.6) is 0 Å². The molecule has 1 heteroatoms. The molecule has 3 aliphatic rings. The Morgan fingerprint density at radius 1 is 0.810 bits per heavy atom. The van der Waals surface area contributed by atoms with E-state index in [1.165, 1.54) is 57.8 Å². The van der Waals surface area contributed by atoms with Gasteiger partial charge in [0.05, 0.1) is 6.10 Å². The molecule has 6 atom stereocenters. The topological polar surface area (TPSA) is 9.23 Å². The molecule has 3 rings (SSSR count). The van der Waals surface area contributed by atoms with E-state index in [1.54, 1.807) is 12.8 Å². The standard InChI is InChI=1S/C20H36O/c1-3-5-12-21-18-9-11-20-17(14-18)8-7-16-13-15(4-2)6-10-19(16)20/h15-20H,3-14H2,1-2H3. The van der Waals surface area contributed by atoms with Crippen molar-refractivity contribution in [3.05, 3.63) is 0 Å². The summed E-state index contributed by atoms with van der Waals surface area (Å²) in [7, 11) is 0. The minimum atomic E-state index is 0.598. The molecule has 0 heterocycles. The van der Waals surface area contributed by atoms with Crippen molar-refractivity contribution in [3.63, 3.8) is 0 Å². The minimum absolute atomic E-state index is 0.598. The minimum Gasteiger partial charge on any atom is -0.378 e. The van der Waals surface area contributed by atoms with E-state index in [0.29, 0.717) is 6.10 Å². The van der Waals surface area contributed by atoms with E-state index in [4.69, 9.17) is 4.74 Å². The molecule has 6 unspecified atom stereocenters.